The second kappa shape index (κ2) is 11.2. The maximum atomic E-state index is 11.8. The predicted molar refractivity (Wildman–Crippen MR) is 119 cm³/mol. The number of aryl methyl sites for hydroxylation is 1. The molecule has 2 aromatic rings. The van der Waals surface area contributed by atoms with Gasteiger partial charge in [-0.05, 0) is 67.5 Å². The van der Waals surface area contributed by atoms with Crippen LogP contribution >= 0.6 is 35.6 Å². The van der Waals surface area contributed by atoms with Gasteiger partial charge in [0.1, 0.15) is 0 Å². The Morgan fingerprint density at radius 2 is 1.96 bits per heavy atom. The standard InChI is InChI=1S/C20H23ClN2O2S2/c1-3-25-19(24)16-6-9-18(14(2)12-16)23-20(26)22-10-11-27-13-15-4-7-17(21)8-5-15/h4-9,12H,3,10-11,13H2,1-2H3,(H2,22,23,26). The van der Waals surface area contributed by atoms with Crippen LogP contribution in [0.15, 0.2) is 42.5 Å². The third kappa shape index (κ3) is 7.40. The molecule has 4 nitrogen and oxygen atoms in total. The van der Waals surface area contributed by atoms with E-state index >= 15 is 0 Å². The fraction of sp³-hybridized carbons (Fsp3) is 0.300. The quantitative estimate of drug-likeness (QED) is 0.353. The van der Waals surface area contributed by atoms with Crippen LogP contribution in [0.5, 0.6) is 0 Å². The van der Waals surface area contributed by atoms with Crippen LogP contribution in [-0.2, 0) is 10.5 Å². The second-order valence-corrected chi connectivity index (χ2v) is 7.76. The monoisotopic (exact) mass is 422 g/mol. The Morgan fingerprint density at radius 1 is 1.22 bits per heavy atom. The van der Waals surface area contributed by atoms with Gasteiger partial charge >= 0.3 is 5.97 Å². The Labute approximate surface area is 175 Å². The minimum absolute atomic E-state index is 0.314. The molecule has 0 aliphatic rings. The molecule has 0 radical (unpaired) electrons. The van der Waals surface area contributed by atoms with Gasteiger partial charge in [-0.2, -0.15) is 11.8 Å². The van der Waals surface area contributed by atoms with E-state index in [0.717, 1.165) is 34.3 Å². The summed E-state index contributed by atoms with van der Waals surface area (Å²) in [6.45, 7) is 4.85. The molecule has 0 aliphatic carbocycles. The average molecular weight is 423 g/mol. The van der Waals surface area contributed by atoms with Gasteiger partial charge < -0.3 is 15.4 Å². The molecule has 0 amide bonds. The van der Waals surface area contributed by atoms with Crippen LogP contribution in [0.3, 0.4) is 0 Å². The molecule has 2 aromatic carbocycles. The van der Waals surface area contributed by atoms with Crippen LogP contribution in [-0.4, -0.2) is 30.0 Å². The van der Waals surface area contributed by atoms with Gasteiger partial charge in [-0.25, -0.2) is 4.79 Å². The van der Waals surface area contributed by atoms with Gasteiger partial charge in [0.25, 0.3) is 0 Å². The van der Waals surface area contributed by atoms with E-state index in [4.69, 9.17) is 28.6 Å². The number of nitrogens with one attached hydrogen (secondary N) is 2. The van der Waals surface area contributed by atoms with Crippen molar-refractivity contribution in [3.05, 3.63) is 64.2 Å². The number of halogens is 1. The zero-order valence-corrected chi connectivity index (χ0v) is 17.8. The molecule has 0 heterocycles. The van der Waals surface area contributed by atoms with Crippen molar-refractivity contribution in [2.24, 2.45) is 0 Å². The molecular weight excluding hydrogens is 400 g/mol. The molecule has 144 valence electrons. The molecule has 0 aliphatic heterocycles. The Hall–Kier alpha value is -1.76. The lowest BCUT2D eigenvalue weighted by Gasteiger charge is -2.13. The lowest BCUT2D eigenvalue weighted by atomic mass is 10.1. The number of ether oxygens (including phenoxy) is 1. The zero-order valence-electron chi connectivity index (χ0n) is 15.4. The van der Waals surface area contributed by atoms with Gasteiger partial charge in [0.15, 0.2) is 5.11 Å². The van der Waals surface area contributed by atoms with Crippen molar-refractivity contribution in [1.29, 1.82) is 0 Å². The van der Waals surface area contributed by atoms with Crippen LogP contribution in [0, 0.1) is 6.92 Å². The van der Waals surface area contributed by atoms with E-state index < -0.39 is 0 Å². The summed E-state index contributed by atoms with van der Waals surface area (Å²) < 4.78 is 5.01. The van der Waals surface area contributed by atoms with Gasteiger partial charge in [-0.15, -0.1) is 0 Å². The van der Waals surface area contributed by atoms with Gasteiger partial charge in [0.05, 0.1) is 12.2 Å². The van der Waals surface area contributed by atoms with E-state index in [1.807, 2.05) is 49.0 Å². The van der Waals surface area contributed by atoms with E-state index in [9.17, 15) is 4.79 Å². The summed E-state index contributed by atoms with van der Waals surface area (Å²) in [5.74, 6) is 1.56. The number of hydrogen-bond acceptors (Lipinski definition) is 4. The summed E-state index contributed by atoms with van der Waals surface area (Å²) in [5, 5.41) is 7.69. The van der Waals surface area contributed by atoms with Gasteiger partial charge in [-0.1, -0.05) is 23.7 Å². The van der Waals surface area contributed by atoms with Gasteiger partial charge in [0, 0.05) is 28.8 Å². The molecule has 2 N–H and O–H groups in total. The summed E-state index contributed by atoms with van der Waals surface area (Å²) in [5.41, 5.74) is 3.59. The number of anilines is 1. The summed E-state index contributed by atoms with van der Waals surface area (Å²) in [6.07, 6.45) is 0. The Balaban J connectivity index is 1.72. The first kappa shape index (κ1) is 21.5. The van der Waals surface area contributed by atoms with Crippen molar-refractivity contribution in [1.82, 2.24) is 5.32 Å². The third-order valence-electron chi connectivity index (χ3n) is 3.70. The fourth-order valence-electron chi connectivity index (χ4n) is 2.32. The van der Waals surface area contributed by atoms with Crippen LogP contribution < -0.4 is 10.6 Å². The van der Waals surface area contributed by atoms with E-state index in [0.29, 0.717) is 17.3 Å². The summed E-state index contributed by atoms with van der Waals surface area (Å²) in [7, 11) is 0. The number of thiocarbonyl (C=S) groups is 1. The maximum absolute atomic E-state index is 11.8. The van der Waals surface area contributed by atoms with Crippen LogP contribution in [0.2, 0.25) is 5.02 Å². The molecule has 0 saturated carbocycles. The Kier molecular flexibility index (Phi) is 8.91. The SMILES string of the molecule is CCOC(=O)c1ccc(NC(=S)NCCSCc2ccc(Cl)cc2)c(C)c1. The lowest BCUT2D eigenvalue weighted by Crippen LogP contribution is -2.30. The molecular formula is C20H23ClN2O2S2. The number of benzene rings is 2. The predicted octanol–water partition coefficient (Wildman–Crippen LogP) is 5.04. The third-order valence-corrected chi connectivity index (χ3v) is 5.23. The topological polar surface area (TPSA) is 50.4 Å². The van der Waals surface area contributed by atoms with E-state index in [1.54, 1.807) is 19.1 Å². The van der Waals surface area contributed by atoms with Crippen LogP contribution in [0.25, 0.3) is 0 Å². The summed E-state index contributed by atoms with van der Waals surface area (Å²) in [4.78, 5) is 11.8. The molecule has 0 spiro atoms. The normalized spacial score (nSPS) is 10.3. The number of thioether (sulfide) groups is 1. The number of carbonyl (C=O) groups excluding carboxylic acids is 1. The Morgan fingerprint density at radius 3 is 2.63 bits per heavy atom. The van der Waals surface area contributed by atoms with Crippen molar-refractivity contribution in [3.63, 3.8) is 0 Å². The molecule has 27 heavy (non-hydrogen) atoms. The van der Waals surface area contributed by atoms with Gasteiger partial charge in [0.2, 0.25) is 0 Å². The zero-order chi connectivity index (χ0) is 19.6. The highest BCUT2D eigenvalue weighted by atomic mass is 35.5. The number of rotatable bonds is 8. The average Bonchev–Trinajstić information content (AvgIpc) is 2.65. The number of esters is 1. The highest BCUT2D eigenvalue weighted by molar-refractivity contribution is 7.98. The molecule has 0 unspecified atom stereocenters. The number of hydrogen-bond donors (Lipinski definition) is 2. The van der Waals surface area contributed by atoms with E-state index in [-0.39, 0.29) is 5.97 Å². The summed E-state index contributed by atoms with van der Waals surface area (Å²) >= 11 is 13.1. The van der Waals surface area contributed by atoms with Crippen LogP contribution in [0.1, 0.15) is 28.4 Å². The lowest BCUT2D eigenvalue weighted by molar-refractivity contribution is 0.0526. The number of carbonyl (C=O) groups is 1. The maximum Gasteiger partial charge on any atom is 0.338 e. The van der Waals surface area contributed by atoms with Crippen molar-refractivity contribution in [3.8, 4) is 0 Å². The van der Waals surface area contributed by atoms with E-state index in [1.165, 1.54) is 5.56 Å². The Bertz CT molecular complexity index is 782. The molecule has 2 rings (SSSR count). The smallest absolute Gasteiger partial charge is 0.338 e. The minimum Gasteiger partial charge on any atom is -0.462 e. The largest absolute Gasteiger partial charge is 0.462 e. The highest BCUT2D eigenvalue weighted by Gasteiger charge is 2.09. The van der Waals surface area contributed by atoms with Crippen molar-refractivity contribution >= 4 is 52.3 Å². The first-order chi connectivity index (χ1) is 13.0. The second-order valence-electron chi connectivity index (χ2n) is 5.81. The molecule has 0 bridgehead atoms. The summed E-state index contributed by atoms with van der Waals surface area (Å²) in [6, 6.07) is 13.3. The molecule has 0 aromatic heterocycles. The van der Waals surface area contributed by atoms with Crippen molar-refractivity contribution < 1.29 is 9.53 Å². The molecule has 7 heteroatoms. The van der Waals surface area contributed by atoms with Crippen molar-refractivity contribution in [2.45, 2.75) is 19.6 Å². The highest BCUT2D eigenvalue weighted by Crippen LogP contribution is 2.18. The molecule has 0 fully saturated rings. The minimum atomic E-state index is -0.314. The van der Waals surface area contributed by atoms with Gasteiger partial charge in [-0.3, -0.25) is 0 Å². The first-order valence-corrected chi connectivity index (χ1v) is 10.6. The fourth-order valence-corrected chi connectivity index (χ4v) is 3.48. The molecule has 0 saturated heterocycles. The first-order valence-electron chi connectivity index (χ1n) is 8.64. The molecule has 0 atom stereocenters. The van der Waals surface area contributed by atoms with E-state index in [2.05, 4.69) is 10.6 Å². The van der Waals surface area contributed by atoms with Crippen molar-refractivity contribution in [2.75, 3.05) is 24.2 Å². The van der Waals surface area contributed by atoms with Crippen LogP contribution in [0.4, 0.5) is 5.69 Å².